The highest BCUT2D eigenvalue weighted by Crippen LogP contribution is 2.28. The molecule has 0 spiro atoms. The minimum atomic E-state index is 0.545. The number of nitrogen functional groups attached to an aromatic ring is 1. The third-order valence-electron chi connectivity index (χ3n) is 2.37. The molecule has 1 aromatic carbocycles. The molecule has 0 aliphatic heterocycles. The zero-order valence-electron chi connectivity index (χ0n) is 9.84. The number of ether oxygens (including phenoxy) is 1. The van der Waals surface area contributed by atoms with E-state index >= 15 is 0 Å². The monoisotopic (exact) mass is 240 g/mol. The highest BCUT2D eigenvalue weighted by Gasteiger charge is 2.05. The number of nitriles is 1. The van der Waals surface area contributed by atoms with E-state index in [4.69, 9.17) is 15.7 Å². The second-order valence-corrected chi connectivity index (χ2v) is 3.66. The van der Waals surface area contributed by atoms with Crippen LogP contribution in [0.5, 0.6) is 5.75 Å². The molecule has 0 atom stereocenters. The summed E-state index contributed by atoms with van der Waals surface area (Å²) in [5, 5.41) is 12.0. The van der Waals surface area contributed by atoms with E-state index in [0.29, 0.717) is 17.0 Å². The largest absolute Gasteiger partial charge is 0.495 e. The number of nitrogens with one attached hydrogen (secondary N) is 1. The standard InChI is InChI=1S/C13H12N4O/c1-18-13-4-9(6-14)2-3-12(13)17-11-5-10(15)7-16-8-11/h2-5,7-8,17H,15H2,1H3. The number of anilines is 3. The highest BCUT2D eigenvalue weighted by atomic mass is 16.5. The maximum atomic E-state index is 8.82. The Kier molecular flexibility index (Phi) is 3.30. The average Bonchev–Trinajstić information content (AvgIpc) is 2.39. The van der Waals surface area contributed by atoms with Crippen LogP contribution in [0, 0.1) is 11.3 Å². The molecule has 3 N–H and O–H groups in total. The SMILES string of the molecule is COc1cc(C#N)ccc1Nc1cncc(N)c1. The van der Waals surface area contributed by atoms with Crippen molar-refractivity contribution >= 4 is 17.1 Å². The summed E-state index contributed by atoms with van der Waals surface area (Å²) >= 11 is 0. The second-order valence-electron chi connectivity index (χ2n) is 3.66. The number of nitrogens with zero attached hydrogens (tertiary/aromatic N) is 2. The molecule has 5 heteroatoms. The van der Waals surface area contributed by atoms with Crippen LogP contribution in [0.2, 0.25) is 0 Å². The van der Waals surface area contributed by atoms with Gasteiger partial charge in [0.25, 0.3) is 0 Å². The summed E-state index contributed by atoms with van der Waals surface area (Å²) in [6, 6.07) is 8.99. The molecule has 0 bridgehead atoms. The number of hydrogen-bond acceptors (Lipinski definition) is 5. The van der Waals surface area contributed by atoms with Crippen LogP contribution in [-0.2, 0) is 0 Å². The Morgan fingerprint density at radius 1 is 1.33 bits per heavy atom. The molecule has 2 rings (SSSR count). The van der Waals surface area contributed by atoms with E-state index < -0.39 is 0 Å². The summed E-state index contributed by atoms with van der Waals surface area (Å²) in [6.45, 7) is 0. The van der Waals surface area contributed by atoms with Gasteiger partial charge < -0.3 is 15.8 Å². The van der Waals surface area contributed by atoms with Crippen LogP contribution in [0.15, 0.2) is 36.7 Å². The first-order valence-electron chi connectivity index (χ1n) is 5.28. The number of hydrogen-bond donors (Lipinski definition) is 2. The fourth-order valence-corrected chi connectivity index (χ4v) is 1.55. The molecular weight excluding hydrogens is 228 g/mol. The molecule has 0 saturated heterocycles. The summed E-state index contributed by atoms with van der Waals surface area (Å²) in [5.74, 6) is 0.594. The van der Waals surface area contributed by atoms with E-state index in [1.54, 1.807) is 43.8 Å². The topological polar surface area (TPSA) is 84.0 Å². The second kappa shape index (κ2) is 5.06. The Morgan fingerprint density at radius 3 is 2.83 bits per heavy atom. The van der Waals surface area contributed by atoms with Crippen molar-refractivity contribution in [2.24, 2.45) is 0 Å². The number of nitrogens with two attached hydrogens (primary N) is 1. The molecule has 90 valence electrons. The van der Waals surface area contributed by atoms with Gasteiger partial charge >= 0.3 is 0 Å². The van der Waals surface area contributed by atoms with Crippen molar-refractivity contribution in [1.82, 2.24) is 4.98 Å². The molecule has 0 aliphatic carbocycles. The third-order valence-corrected chi connectivity index (χ3v) is 2.37. The summed E-state index contributed by atoms with van der Waals surface area (Å²) < 4.78 is 5.23. The van der Waals surface area contributed by atoms with E-state index in [0.717, 1.165) is 11.4 Å². The molecule has 2 aromatic rings. The van der Waals surface area contributed by atoms with Crippen molar-refractivity contribution in [2.45, 2.75) is 0 Å². The maximum Gasteiger partial charge on any atom is 0.143 e. The molecule has 0 radical (unpaired) electrons. The van der Waals surface area contributed by atoms with E-state index in [9.17, 15) is 0 Å². The Hall–Kier alpha value is -2.74. The summed E-state index contributed by atoms with van der Waals surface area (Å²) in [4.78, 5) is 3.99. The van der Waals surface area contributed by atoms with Gasteiger partial charge in [0, 0.05) is 12.3 Å². The summed E-state index contributed by atoms with van der Waals surface area (Å²) in [5.41, 5.74) is 8.29. The molecule has 0 fully saturated rings. The zero-order valence-corrected chi connectivity index (χ0v) is 9.84. The zero-order chi connectivity index (χ0) is 13.0. The van der Waals surface area contributed by atoms with E-state index in [1.165, 1.54) is 0 Å². The Balaban J connectivity index is 2.32. The first kappa shape index (κ1) is 11.7. The average molecular weight is 240 g/mol. The molecule has 5 nitrogen and oxygen atoms in total. The maximum absolute atomic E-state index is 8.82. The van der Waals surface area contributed by atoms with Gasteiger partial charge in [-0.25, -0.2) is 0 Å². The number of benzene rings is 1. The van der Waals surface area contributed by atoms with Crippen molar-refractivity contribution in [3.05, 3.63) is 42.2 Å². The molecule has 18 heavy (non-hydrogen) atoms. The van der Waals surface area contributed by atoms with E-state index in [-0.39, 0.29) is 0 Å². The number of aromatic nitrogens is 1. The first-order valence-corrected chi connectivity index (χ1v) is 5.28. The molecule has 1 aromatic heterocycles. The van der Waals surface area contributed by atoms with Crippen molar-refractivity contribution in [2.75, 3.05) is 18.2 Å². The van der Waals surface area contributed by atoms with Crippen LogP contribution in [0.4, 0.5) is 17.1 Å². The molecule has 1 heterocycles. The lowest BCUT2D eigenvalue weighted by atomic mass is 10.2. The Labute approximate surface area is 105 Å². The van der Waals surface area contributed by atoms with Crippen LogP contribution in [0.3, 0.4) is 0 Å². The lowest BCUT2D eigenvalue weighted by Crippen LogP contribution is -1.97. The van der Waals surface area contributed by atoms with Gasteiger partial charge in [0.2, 0.25) is 0 Å². The lowest BCUT2D eigenvalue weighted by molar-refractivity contribution is 0.416. The van der Waals surface area contributed by atoms with Crippen LogP contribution in [0.25, 0.3) is 0 Å². The molecule has 0 aliphatic rings. The number of methoxy groups -OCH3 is 1. The minimum Gasteiger partial charge on any atom is -0.495 e. The fraction of sp³-hybridized carbons (Fsp3) is 0.0769. The molecular formula is C13H12N4O. The van der Waals surface area contributed by atoms with Gasteiger partial charge in [-0.1, -0.05) is 0 Å². The quantitative estimate of drug-likeness (QED) is 0.859. The molecule has 0 saturated carbocycles. The molecule has 0 amide bonds. The molecule has 0 unspecified atom stereocenters. The summed E-state index contributed by atoms with van der Waals surface area (Å²) in [6.07, 6.45) is 3.23. The van der Waals surface area contributed by atoms with Gasteiger partial charge in [0.1, 0.15) is 5.75 Å². The van der Waals surface area contributed by atoms with Gasteiger partial charge in [-0.05, 0) is 18.2 Å². The van der Waals surface area contributed by atoms with Crippen LogP contribution < -0.4 is 15.8 Å². The highest BCUT2D eigenvalue weighted by molar-refractivity contribution is 5.68. The van der Waals surface area contributed by atoms with Crippen molar-refractivity contribution < 1.29 is 4.74 Å². The first-order chi connectivity index (χ1) is 8.72. The van der Waals surface area contributed by atoms with Crippen LogP contribution in [0.1, 0.15) is 5.56 Å². The van der Waals surface area contributed by atoms with Gasteiger partial charge in [-0.2, -0.15) is 5.26 Å². The Morgan fingerprint density at radius 2 is 2.17 bits per heavy atom. The smallest absolute Gasteiger partial charge is 0.143 e. The van der Waals surface area contributed by atoms with Crippen molar-refractivity contribution in [3.63, 3.8) is 0 Å². The predicted octanol–water partition coefficient (Wildman–Crippen LogP) is 2.29. The van der Waals surface area contributed by atoms with E-state index in [2.05, 4.69) is 16.4 Å². The number of rotatable bonds is 3. The predicted molar refractivity (Wildman–Crippen MR) is 69.6 cm³/mol. The van der Waals surface area contributed by atoms with Gasteiger partial charge in [-0.15, -0.1) is 0 Å². The number of pyridine rings is 1. The third kappa shape index (κ3) is 2.50. The summed E-state index contributed by atoms with van der Waals surface area (Å²) in [7, 11) is 1.55. The van der Waals surface area contributed by atoms with Crippen LogP contribution >= 0.6 is 0 Å². The Bertz CT molecular complexity index is 604. The minimum absolute atomic E-state index is 0.545. The van der Waals surface area contributed by atoms with Crippen molar-refractivity contribution in [3.8, 4) is 11.8 Å². The fourth-order valence-electron chi connectivity index (χ4n) is 1.55. The van der Waals surface area contributed by atoms with Crippen LogP contribution in [-0.4, -0.2) is 12.1 Å². The van der Waals surface area contributed by atoms with Gasteiger partial charge in [0.15, 0.2) is 0 Å². The lowest BCUT2D eigenvalue weighted by Gasteiger charge is -2.11. The van der Waals surface area contributed by atoms with Gasteiger partial charge in [-0.3, -0.25) is 4.98 Å². The van der Waals surface area contributed by atoms with Gasteiger partial charge in [0.05, 0.1) is 42.0 Å². The van der Waals surface area contributed by atoms with E-state index in [1.807, 2.05) is 0 Å². The van der Waals surface area contributed by atoms with Crippen molar-refractivity contribution in [1.29, 1.82) is 5.26 Å². The normalized spacial score (nSPS) is 9.56.